The molecule has 5 nitrogen and oxygen atoms in total. The van der Waals surface area contributed by atoms with Crippen molar-refractivity contribution in [3.05, 3.63) is 59.2 Å². The Balaban J connectivity index is 1.38. The topological polar surface area (TPSA) is 48.0 Å². The van der Waals surface area contributed by atoms with Crippen molar-refractivity contribution in [3.8, 4) is 17.2 Å². The number of hydrogen-bond donors (Lipinski definition) is 0. The Kier molecular flexibility index (Phi) is 4.00. The van der Waals surface area contributed by atoms with Gasteiger partial charge in [-0.25, -0.2) is 0 Å². The maximum atomic E-state index is 13.2. The molecule has 1 saturated carbocycles. The van der Waals surface area contributed by atoms with Crippen LogP contribution in [-0.4, -0.2) is 36.7 Å². The fraction of sp³-hybridized carbons (Fsp3) is 0.318. The molecule has 5 heteroatoms. The van der Waals surface area contributed by atoms with E-state index in [0.29, 0.717) is 38.0 Å². The molecule has 0 N–H and O–H groups in total. The first-order valence-electron chi connectivity index (χ1n) is 9.40. The van der Waals surface area contributed by atoms with E-state index in [9.17, 15) is 4.79 Å². The van der Waals surface area contributed by atoms with Gasteiger partial charge < -0.3 is 19.1 Å². The van der Waals surface area contributed by atoms with Crippen LogP contribution in [0.15, 0.2) is 48.0 Å². The first kappa shape index (κ1) is 16.2. The van der Waals surface area contributed by atoms with Gasteiger partial charge in [-0.2, -0.15) is 0 Å². The summed E-state index contributed by atoms with van der Waals surface area (Å²) in [4.78, 5) is 15.2. The second kappa shape index (κ2) is 6.65. The van der Waals surface area contributed by atoms with E-state index in [0.717, 1.165) is 41.2 Å². The van der Waals surface area contributed by atoms with E-state index in [1.165, 1.54) is 0 Å². The number of ether oxygens (including phenoxy) is 3. The highest BCUT2D eigenvalue weighted by Crippen LogP contribution is 2.35. The summed E-state index contributed by atoms with van der Waals surface area (Å²) in [6.07, 6.45) is 4.07. The lowest BCUT2D eigenvalue weighted by Gasteiger charge is -2.26. The first-order chi connectivity index (χ1) is 13.3. The minimum Gasteiger partial charge on any atom is -0.488 e. The number of fused-ring (bicyclic) bond motifs is 2. The van der Waals surface area contributed by atoms with E-state index in [1.54, 1.807) is 0 Å². The summed E-state index contributed by atoms with van der Waals surface area (Å²) in [5.41, 5.74) is 2.72. The number of carbonyl (C=O) groups is 1. The van der Waals surface area contributed by atoms with E-state index in [-0.39, 0.29) is 5.91 Å². The van der Waals surface area contributed by atoms with Crippen molar-refractivity contribution in [2.45, 2.75) is 25.4 Å². The Morgan fingerprint density at radius 3 is 2.63 bits per heavy atom. The Morgan fingerprint density at radius 1 is 0.963 bits per heavy atom. The molecule has 0 saturated heterocycles. The summed E-state index contributed by atoms with van der Waals surface area (Å²) < 4.78 is 17.0. The predicted octanol–water partition coefficient (Wildman–Crippen LogP) is 3.42. The molecule has 138 valence electrons. The van der Waals surface area contributed by atoms with Crippen molar-refractivity contribution < 1.29 is 19.0 Å². The zero-order valence-electron chi connectivity index (χ0n) is 15.0. The highest BCUT2D eigenvalue weighted by molar-refractivity contribution is 5.99. The summed E-state index contributed by atoms with van der Waals surface area (Å²) in [6.45, 7) is 2.03. The molecule has 1 fully saturated rings. The van der Waals surface area contributed by atoms with E-state index >= 15 is 0 Å². The lowest BCUT2D eigenvalue weighted by molar-refractivity contribution is -0.128. The van der Waals surface area contributed by atoms with Gasteiger partial charge >= 0.3 is 0 Å². The highest BCUT2D eigenvalue weighted by atomic mass is 16.6. The van der Waals surface area contributed by atoms with Gasteiger partial charge in [0.25, 0.3) is 5.91 Å². The minimum atomic E-state index is 0.0573. The van der Waals surface area contributed by atoms with Gasteiger partial charge in [0.2, 0.25) is 0 Å². The zero-order valence-corrected chi connectivity index (χ0v) is 15.0. The minimum absolute atomic E-state index is 0.0573. The van der Waals surface area contributed by atoms with Gasteiger partial charge in [-0.15, -0.1) is 0 Å². The molecule has 2 aromatic carbocycles. The van der Waals surface area contributed by atoms with Crippen molar-refractivity contribution in [1.82, 2.24) is 4.90 Å². The van der Waals surface area contributed by atoms with Crippen LogP contribution in [0.1, 0.15) is 24.0 Å². The second-order valence-electron chi connectivity index (χ2n) is 7.14. The fourth-order valence-electron chi connectivity index (χ4n) is 3.56. The molecule has 0 aromatic heterocycles. The third-order valence-corrected chi connectivity index (χ3v) is 5.11. The molecule has 0 unspecified atom stereocenters. The number of amides is 1. The second-order valence-corrected chi connectivity index (χ2v) is 7.14. The molecule has 0 radical (unpaired) electrons. The summed E-state index contributed by atoms with van der Waals surface area (Å²) in [5.74, 6) is 2.42. The van der Waals surface area contributed by atoms with Crippen molar-refractivity contribution in [2.75, 3.05) is 19.8 Å². The maximum absolute atomic E-state index is 13.2. The van der Waals surface area contributed by atoms with Gasteiger partial charge in [0, 0.05) is 18.2 Å². The van der Waals surface area contributed by atoms with Gasteiger partial charge in [-0.1, -0.05) is 24.3 Å². The van der Waals surface area contributed by atoms with Crippen molar-refractivity contribution in [2.24, 2.45) is 0 Å². The van der Waals surface area contributed by atoms with Gasteiger partial charge in [0.05, 0.1) is 5.57 Å². The molecule has 0 bridgehead atoms. The van der Waals surface area contributed by atoms with Gasteiger partial charge in [-0.3, -0.25) is 4.79 Å². The Labute approximate surface area is 158 Å². The summed E-state index contributed by atoms with van der Waals surface area (Å²) in [7, 11) is 0. The Hall–Kier alpha value is -2.95. The number of carbonyl (C=O) groups excluding carboxylic acids is 1. The Morgan fingerprint density at radius 2 is 1.78 bits per heavy atom. The maximum Gasteiger partial charge on any atom is 0.253 e. The molecular weight excluding hydrogens is 342 g/mol. The molecule has 5 rings (SSSR count). The van der Waals surface area contributed by atoms with E-state index in [4.69, 9.17) is 14.2 Å². The van der Waals surface area contributed by atoms with Crippen LogP contribution >= 0.6 is 0 Å². The molecule has 27 heavy (non-hydrogen) atoms. The monoisotopic (exact) mass is 363 g/mol. The van der Waals surface area contributed by atoms with Crippen molar-refractivity contribution in [1.29, 1.82) is 0 Å². The molecule has 2 heterocycles. The van der Waals surface area contributed by atoms with Crippen LogP contribution in [0.3, 0.4) is 0 Å². The van der Waals surface area contributed by atoms with E-state index in [1.807, 2.05) is 53.4 Å². The highest BCUT2D eigenvalue weighted by Gasteiger charge is 2.34. The zero-order chi connectivity index (χ0) is 18.2. The smallest absolute Gasteiger partial charge is 0.253 e. The van der Waals surface area contributed by atoms with Crippen LogP contribution in [0.5, 0.6) is 17.2 Å². The average Bonchev–Trinajstić information content (AvgIpc) is 3.56. The molecule has 3 aliphatic rings. The van der Waals surface area contributed by atoms with Crippen LogP contribution in [0, 0.1) is 0 Å². The number of benzene rings is 2. The molecule has 2 aromatic rings. The lowest BCUT2D eigenvalue weighted by atomic mass is 10.1. The SMILES string of the molecule is O=C(C1=Cc2ccccc2OC1)N(Cc1ccc2c(c1)OCCO2)C1CC1. The van der Waals surface area contributed by atoms with Gasteiger partial charge in [0.15, 0.2) is 11.5 Å². The number of nitrogens with zero attached hydrogens (tertiary/aromatic N) is 1. The molecule has 0 spiro atoms. The van der Waals surface area contributed by atoms with E-state index < -0.39 is 0 Å². The normalized spacial score (nSPS) is 17.4. The molecule has 0 atom stereocenters. The summed E-state index contributed by atoms with van der Waals surface area (Å²) in [5, 5.41) is 0. The van der Waals surface area contributed by atoms with Crippen LogP contribution in [0.25, 0.3) is 6.08 Å². The van der Waals surface area contributed by atoms with Gasteiger partial charge in [-0.05, 0) is 42.7 Å². The van der Waals surface area contributed by atoms with Crippen molar-refractivity contribution >= 4 is 12.0 Å². The fourth-order valence-corrected chi connectivity index (χ4v) is 3.56. The standard InChI is InChI=1S/C22H21NO4/c24-22(17-12-16-3-1-2-4-19(16)27-14-17)23(18-6-7-18)13-15-5-8-20-21(11-15)26-10-9-25-20/h1-5,8,11-12,18H,6-7,9-10,13-14H2. The predicted molar refractivity (Wildman–Crippen MR) is 101 cm³/mol. The van der Waals surface area contributed by atoms with Crippen LogP contribution in [0.4, 0.5) is 0 Å². The van der Waals surface area contributed by atoms with Crippen molar-refractivity contribution in [3.63, 3.8) is 0 Å². The summed E-state index contributed by atoms with van der Waals surface area (Å²) >= 11 is 0. The third kappa shape index (κ3) is 3.25. The average molecular weight is 363 g/mol. The molecule has 1 amide bonds. The number of hydrogen-bond acceptors (Lipinski definition) is 4. The number of rotatable bonds is 4. The largest absolute Gasteiger partial charge is 0.488 e. The third-order valence-electron chi connectivity index (χ3n) is 5.11. The summed E-state index contributed by atoms with van der Waals surface area (Å²) in [6, 6.07) is 14.0. The first-order valence-corrected chi connectivity index (χ1v) is 9.40. The van der Waals surface area contributed by atoms with Crippen LogP contribution < -0.4 is 14.2 Å². The van der Waals surface area contributed by atoms with E-state index in [2.05, 4.69) is 0 Å². The Bertz CT molecular complexity index is 916. The van der Waals surface area contributed by atoms with Crippen LogP contribution in [0.2, 0.25) is 0 Å². The van der Waals surface area contributed by atoms with Gasteiger partial charge in [0.1, 0.15) is 25.6 Å². The lowest BCUT2D eigenvalue weighted by Crippen LogP contribution is -2.35. The molecule has 1 aliphatic carbocycles. The van der Waals surface area contributed by atoms with Crippen LogP contribution in [-0.2, 0) is 11.3 Å². The molecular formula is C22H21NO4. The quantitative estimate of drug-likeness (QED) is 0.835. The number of para-hydroxylation sites is 1. The molecule has 2 aliphatic heterocycles.